The van der Waals surface area contributed by atoms with Crippen molar-refractivity contribution in [2.75, 3.05) is 13.7 Å². The minimum absolute atomic E-state index is 0.0252. The number of carbonyl (C=O) groups is 2. The molecule has 0 heterocycles. The van der Waals surface area contributed by atoms with Gasteiger partial charge in [-0.1, -0.05) is 12.1 Å². The maximum atomic E-state index is 13.8. The number of halogens is 2. The van der Waals surface area contributed by atoms with Crippen LogP contribution in [-0.2, 0) is 15.1 Å². The number of rotatable bonds is 8. The fraction of sp³-hybridized carbons (Fsp3) is 0.217. The van der Waals surface area contributed by atoms with Gasteiger partial charge in [0.05, 0.1) is 23.8 Å². The predicted molar refractivity (Wildman–Crippen MR) is 112 cm³/mol. The van der Waals surface area contributed by atoms with Gasteiger partial charge in [0.2, 0.25) is 0 Å². The van der Waals surface area contributed by atoms with E-state index < -0.39 is 29.1 Å². The second-order valence-corrected chi connectivity index (χ2v) is 7.11. The van der Waals surface area contributed by atoms with Crippen molar-refractivity contribution in [3.05, 3.63) is 89.2 Å². The summed E-state index contributed by atoms with van der Waals surface area (Å²) in [5.41, 5.74) is 5.38. The maximum Gasteiger partial charge on any atom is 0.337 e. The Labute approximate surface area is 179 Å². The second kappa shape index (κ2) is 10.4. The van der Waals surface area contributed by atoms with Gasteiger partial charge in [-0.05, 0) is 61.9 Å². The summed E-state index contributed by atoms with van der Waals surface area (Å²) >= 11 is 0. The van der Waals surface area contributed by atoms with Crippen molar-refractivity contribution in [2.24, 2.45) is 5.73 Å². The standard InChI is InChI=1S/C23H24F2N2O4/c1-23(2,17-6-4-15(5-7-17)22(29)30-3)27-21(28)16(12-19(25)13-26)14-31-20-10-8-18(24)9-11-20/h4-13H,14,26H2,1-3H3,(H,27,28)/b16-12+,19-13+. The molecule has 0 spiro atoms. The van der Waals surface area contributed by atoms with Gasteiger partial charge in [-0.2, -0.15) is 0 Å². The van der Waals surface area contributed by atoms with E-state index in [0.717, 1.165) is 12.3 Å². The zero-order valence-electron chi connectivity index (χ0n) is 17.4. The van der Waals surface area contributed by atoms with E-state index in [2.05, 4.69) is 10.1 Å². The van der Waals surface area contributed by atoms with Gasteiger partial charge in [0.15, 0.2) is 0 Å². The van der Waals surface area contributed by atoms with Crippen molar-refractivity contribution in [3.63, 3.8) is 0 Å². The van der Waals surface area contributed by atoms with Crippen LogP contribution in [0.2, 0.25) is 0 Å². The molecule has 3 N–H and O–H groups in total. The van der Waals surface area contributed by atoms with Gasteiger partial charge in [-0.3, -0.25) is 4.79 Å². The molecule has 0 aliphatic heterocycles. The van der Waals surface area contributed by atoms with Crippen molar-refractivity contribution >= 4 is 11.9 Å². The molecule has 164 valence electrons. The zero-order valence-corrected chi connectivity index (χ0v) is 17.4. The summed E-state index contributed by atoms with van der Waals surface area (Å²) in [6.45, 7) is 3.24. The van der Waals surface area contributed by atoms with E-state index in [1.165, 1.54) is 31.4 Å². The molecule has 0 bridgehead atoms. The molecule has 0 atom stereocenters. The molecular weight excluding hydrogens is 406 g/mol. The number of esters is 1. The van der Waals surface area contributed by atoms with Crippen molar-refractivity contribution in [1.82, 2.24) is 5.32 Å². The van der Waals surface area contributed by atoms with Gasteiger partial charge in [0.25, 0.3) is 5.91 Å². The molecule has 2 rings (SSSR count). The lowest BCUT2D eigenvalue weighted by Crippen LogP contribution is -2.42. The Bertz CT molecular complexity index is 982. The van der Waals surface area contributed by atoms with E-state index in [1.54, 1.807) is 38.1 Å². The van der Waals surface area contributed by atoms with E-state index in [0.29, 0.717) is 16.9 Å². The van der Waals surface area contributed by atoms with Crippen LogP contribution in [0.1, 0.15) is 29.8 Å². The molecular formula is C23H24F2N2O4. The number of hydrogen-bond donors (Lipinski definition) is 2. The quantitative estimate of drug-likeness (QED) is 0.378. The Morgan fingerprint density at radius 3 is 2.26 bits per heavy atom. The first-order valence-corrected chi connectivity index (χ1v) is 9.34. The molecule has 2 aromatic carbocycles. The number of allylic oxidation sites excluding steroid dienone is 2. The van der Waals surface area contributed by atoms with Gasteiger partial charge in [-0.25, -0.2) is 13.6 Å². The molecule has 6 nitrogen and oxygen atoms in total. The van der Waals surface area contributed by atoms with Crippen LogP contribution in [-0.4, -0.2) is 25.6 Å². The van der Waals surface area contributed by atoms with Gasteiger partial charge in [0, 0.05) is 6.20 Å². The summed E-state index contributed by atoms with van der Waals surface area (Å²) < 4.78 is 37.0. The average Bonchev–Trinajstić information content (AvgIpc) is 2.76. The summed E-state index contributed by atoms with van der Waals surface area (Å²) in [6.07, 6.45) is 1.69. The first kappa shape index (κ1) is 23.6. The van der Waals surface area contributed by atoms with E-state index in [1.807, 2.05) is 0 Å². The Morgan fingerprint density at radius 2 is 1.71 bits per heavy atom. The molecule has 0 saturated heterocycles. The van der Waals surface area contributed by atoms with Crippen molar-refractivity contribution in [1.29, 1.82) is 0 Å². The summed E-state index contributed by atoms with van der Waals surface area (Å²) in [7, 11) is 1.29. The van der Waals surface area contributed by atoms with Crippen LogP contribution in [0.4, 0.5) is 8.78 Å². The van der Waals surface area contributed by atoms with Gasteiger partial charge in [0.1, 0.15) is 24.0 Å². The zero-order chi connectivity index (χ0) is 23.0. The third-order valence-corrected chi connectivity index (χ3v) is 4.42. The first-order valence-electron chi connectivity index (χ1n) is 9.34. The molecule has 8 heteroatoms. The predicted octanol–water partition coefficient (Wildman–Crippen LogP) is 3.74. The van der Waals surface area contributed by atoms with Crippen LogP contribution in [0.25, 0.3) is 0 Å². The molecule has 2 aromatic rings. The Morgan fingerprint density at radius 1 is 1.10 bits per heavy atom. The van der Waals surface area contributed by atoms with Crippen LogP contribution in [0.5, 0.6) is 5.75 Å². The number of methoxy groups -OCH3 is 1. The molecule has 0 radical (unpaired) electrons. The molecule has 1 amide bonds. The SMILES string of the molecule is COC(=O)c1ccc(C(C)(C)NC(=O)/C(=C/C(F)=C\N)COc2ccc(F)cc2)cc1. The smallest absolute Gasteiger partial charge is 0.337 e. The van der Waals surface area contributed by atoms with Crippen molar-refractivity contribution in [3.8, 4) is 5.75 Å². The summed E-state index contributed by atoms with van der Waals surface area (Å²) in [4.78, 5) is 24.4. The summed E-state index contributed by atoms with van der Waals surface area (Å²) in [5.74, 6) is -1.98. The van der Waals surface area contributed by atoms with Crippen molar-refractivity contribution in [2.45, 2.75) is 19.4 Å². The number of ether oxygens (including phenoxy) is 2. The van der Waals surface area contributed by atoms with E-state index in [4.69, 9.17) is 10.5 Å². The lowest BCUT2D eigenvalue weighted by molar-refractivity contribution is -0.119. The topological polar surface area (TPSA) is 90.7 Å². The van der Waals surface area contributed by atoms with Gasteiger partial charge in [-0.15, -0.1) is 0 Å². The minimum atomic E-state index is -0.858. The molecule has 31 heavy (non-hydrogen) atoms. The summed E-state index contributed by atoms with van der Waals surface area (Å²) in [6, 6.07) is 11.7. The highest BCUT2D eigenvalue weighted by Gasteiger charge is 2.25. The molecule has 0 aliphatic rings. The first-order chi connectivity index (χ1) is 14.7. The Kier molecular flexibility index (Phi) is 7.90. The Hall–Kier alpha value is -3.68. The maximum absolute atomic E-state index is 13.8. The normalized spacial score (nSPS) is 12.3. The lowest BCUT2D eigenvalue weighted by Gasteiger charge is -2.27. The fourth-order valence-electron chi connectivity index (χ4n) is 2.66. The molecule has 0 unspecified atom stereocenters. The Balaban J connectivity index is 2.18. The fourth-order valence-corrected chi connectivity index (χ4v) is 2.66. The summed E-state index contributed by atoms with van der Waals surface area (Å²) in [5, 5.41) is 2.81. The van der Waals surface area contributed by atoms with Crippen LogP contribution in [0.15, 0.2) is 72.2 Å². The third-order valence-electron chi connectivity index (χ3n) is 4.42. The number of amides is 1. The monoisotopic (exact) mass is 430 g/mol. The van der Waals surface area contributed by atoms with E-state index in [-0.39, 0.29) is 12.2 Å². The lowest BCUT2D eigenvalue weighted by atomic mass is 9.93. The van der Waals surface area contributed by atoms with E-state index >= 15 is 0 Å². The number of hydrogen-bond acceptors (Lipinski definition) is 5. The molecule has 0 aliphatic carbocycles. The number of nitrogens with two attached hydrogens (primary N) is 1. The highest BCUT2D eigenvalue weighted by molar-refractivity contribution is 5.94. The molecule has 0 fully saturated rings. The minimum Gasteiger partial charge on any atom is -0.489 e. The van der Waals surface area contributed by atoms with Crippen LogP contribution < -0.4 is 15.8 Å². The number of benzene rings is 2. The van der Waals surface area contributed by atoms with Gasteiger partial charge < -0.3 is 20.5 Å². The molecule has 0 saturated carbocycles. The van der Waals surface area contributed by atoms with Gasteiger partial charge >= 0.3 is 5.97 Å². The van der Waals surface area contributed by atoms with Crippen molar-refractivity contribution < 1.29 is 27.8 Å². The van der Waals surface area contributed by atoms with Crippen LogP contribution in [0.3, 0.4) is 0 Å². The second-order valence-electron chi connectivity index (χ2n) is 7.11. The molecule has 0 aromatic heterocycles. The van der Waals surface area contributed by atoms with E-state index in [9.17, 15) is 18.4 Å². The van der Waals surface area contributed by atoms with Crippen LogP contribution >= 0.6 is 0 Å². The number of carbonyl (C=O) groups excluding carboxylic acids is 2. The number of nitrogens with one attached hydrogen (secondary N) is 1. The average molecular weight is 430 g/mol. The highest BCUT2D eigenvalue weighted by atomic mass is 19.1. The van der Waals surface area contributed by atoms with Crippen LogP contribution in [0, 0.1) is 5.82 Å². The largest absolute Gasteiger partial charge is 0.489 e. The highest BCUT2D eigenvalue weighted by Crippen LogP contribution is 2.22. The third kappa shape index (κ3) is 6.67.